The fraction of sp³-hybridized carbons (Fsp3) is 0.450. The van der Waals surface area contributed by atoms with Gasteiger partial charge in [-0.2, -0.15) is 18.8 Å². The third-order valence-corrected chi connectivity index (χ3v) is 19.5. The fourth-order valence-electron chi connectivity index (χ4n) is 11.4. The molecule has 2 amide bonds. The Morgan fingerprint density at radius 1 is 0.709 bits per heavy atom. The number of ether oxygens (including phenoxy) is 2. The number of rotatable bonds is 21. The monoisotopic (exact) mass is 1530 g/mol. The molecule has 0 unspecified atom stereocenters. The van der Waals surface area contributed by atoms with E-state index in [1.807, 2.05) is 60.7 Å². The summed E-state index contributed by atoms with van der Waals surface area (Å²) in [6.07, 6.45) is 4.87. The van der Waals surface area contributed by atoms with Crippen LogP contribution < -0.4 is 42.9 Å². The third-order valence-electron chi connectivity index (χ3n) is 18.8. The Morgan fingerprint density at radius 3 is 1.71 bits per heavy atom. The average molecular weight is 1530 g/mol. The summed E-state index contributed by atoms with van der Waals surface area (Å²) in [5.74, 6) is 9.80. The van der Waals surface area contributed by atoms with Crippen molar-refractivity contribution in [2.24, 2.45) is 29.0 Å². The van der Waals surface area contributed by atoms with Gasteiger partial charge in [0.15, 0.2) is 23.2 Å². The second-order valence-electron chi connectivity index (χ2n) is 27.8. The Bertz CT molecular complexity index is 4040. The standard InChI is InChI=1S/C51H60N8O7.C17H23BO2.C12H16BIO2.H2S/c1-5-6-7-9-34-11-14-36(15-12-34)49-56-31-41(33(3)57-49)44(61)30-38(19-21-53)51(64)59(4)48-37-16-18-47(66-25-23-55)40(29-37)39-27-35(13-17-46(39)65-24-22-54)28-42(43(60)10-8-20-52)58-50(63)32(2)26-45(48)62;1-6-7-8-9-14-10-12-15(13-11-14)18-19-16(2,3)17(4,5)20-18;1-11(2)12(3,4)16-13(15-11)9-5-7-10(14)8-6-9;/h11-18,27,29,31-32,38,42,48H,5-6,8,10,19,21-26,28,30,53-55H2,1-4H3,(H,58,63);10-13H,6-7H2,1-5H3;5-8H,1-4H3;1H2/t32-,38-,42+,48+;;;/m1.../s1. The van der Waals surface area contributed by atoms with Crippen LogP contribution in [0.2, 0.25) is 0 Å². The zero-order chi connectivity index (χ0) is 74.5. The summed E-state index contributed by atoms with van der Waals surface area (Å²) in [5, 5.41) is 12.1. The molecule has 103 heavy (non-hydrogen) atoms. The first-order valence-electron chi connectivity index (χ1n) is 35.1. The van der Waals surface area contributed by atoms with Crippen molar-refractivity contribution in [3.8, 4) is 63.8 Å². The van der Waals surface area contributed by atoms with Crippen molar-refractivity contribution in [1.29, 1.82) is 5.26 Å². The number of aryl methyl sites for hydroxylation is 1. The number of amides is 2. The molecule has 546 valence electrons. The van der Waals surface area contributed by atoms with Crippen LogP contribution in [-0.2, 0) is 44.2 Å². The number of likely N-dealkylation sites (N-methyl/N-ethyl adjacent to an activating group) is 1. The zero-order valence-electron chi connectivity index (χ0n) is 61.9. The van der Waals surface area contributed by atoms with Gasteiger partial charge in [0.05, 0.1) is 45.8 Å². The highest BCUT2D eigenvalue weighted by Gasteiger charge is 2.53. The van der Waals surface area contributed by atoms with Crippen LogP contribution >= 0.6 is 36.1 Å². The second kappa shape index (κ2) is 38.9. The molecule has 0 aliphatic carbocycles. The molecule has 0 spiro atoms. The number of hydrogen-bond donors (Lipinski definition) is 4. The largest absolute Gasteiger partial charge is 0.494 e. The highest BCUT2D eigenvalue weighted by molar-refractivity contribution is 14.1. The highest BCUT2D eigenvalue weighted by Crippen LogP contribution is 2.42. The van der Waals surface area contributed by atoms with Gasteiger partial charge in [-0.15, -0.1) is 0 Å². The number of nitrogens with two attached hydrogens (primary N) is 3. The van der Waals surface area contributed by atoms with Crippen LogP contribution in [0.3, 0.4) is 0 Å². The van der Waals surface area contributed by atoms with Crippen LogP contribution in [0, 0.1) is 57.3 Å². The number of carbonyl (C=O) groups excluding carboxylic acids is 5. The van der Waals surface area contributed by atoms with Crippen LogP contribution in [0.4, 0.5) is 0 Å². The summed E-state index contributed by atoms with van der Waals surface area (Å²) in [4.78, 5) is 81.2. The number of nitrogens with one attached hydrogen (secondary N) is 1. The average Bonchev–Trinajstić information content (AvgIpc) is 1.67. The molecule has 4 heterocycles. The minimum atomic E-state index is -1.24. The smallest absolute Gasteiger partial charge is 0.492 e. The maximum Gasteiger partial charge on any atom is 0.494 e. The molecule has 3 aliphatic rings. The van der Waals surface area contributed by atoms with E-state index in [-0.39, 0.29) is 139 Å². The first-order valence-corrected chi connectivity index (χ1v) is 36.2. The molecular weight excluding hydrogens is 1430 g/mol. The summed E-state index contributed by atoms with van der Waals surface area (Å²) >= 11 is 2.29. The Balaban J connectivity index is 0.000000361. The molecule has 0 saturated carbocycles. The Morgan fingerprint density at radius 2 is 1.21 bits per heavy atom. The Labute approximate surface area is 630 Å². The number of ketones is 3. The van der Waals surface area contributed by atoms with Crippen LogP contribution in [0.5, 0.6) is 11.5 Å². The molecule has 1 aromatic heterocycles. The second-order valence-corrected chi connectivity index (χ2v) is 29.0. The molecule has 3 aliphatic heterocycles. The summed E-state index contributed by atoms with van der Waals surface area (Å²) in [5.41, 5.74) is 24.3. The van der Waals surface area contributed by atoms with Crippen LogP contribution in [0.15, 0.2) is 115 Å². The number of Topliss-reactive ketones (excluding diaryl/α,β-unsaturated/α-hetero) is 3. The van der Waals surface area contributed by atoms with Crippen molar-refractivity contribution >= 4 is 90.4 Å². The van der Waals surface area contributed by atoms with E-state index in [1.54, 1.807) is 44.2 Å². The molecule has 0 radical (unpaired) electrons. The number of unbranched alkanes of at least 4 members (excludes halogenated alkanes) is 2. The van der Waals surface area contributed by atoms with E-state index < -0.39 is 41.5 Å². The van der Waals surface area contributed by atoms with E-state index in [1.165, 1.54) is 21.7 Å². The Hall–Kier alpha value is -7.73. The maximum absolute atomic E-state index is 14.7. The number of carbonyl (C=O) groups is 5. The van der Waals surface area contributed by atoms with Gasteiger partial charge in [0, 0.05) is 108 Å². The summed E-state index contributed by atoms with van der Waals surface area (Å²) in [6.45, 7) is 24.9. The first-order chi connectivity index (χ1) is 48.5. The topological polar surface area (TPSA) is 284 Å². The molecule has 5 aromatic carbocycles. The van der Waals surface area contributed by atoms with E-state index in [0.29, 0.717) is 45.3 Å². The van der Waals surface area contributed by atoms with E-state index in [9.17, 15) is 29.2 Å². The van der Waals surface area contributed by atoms with Gasteiger partial charge >= 0.3 is 14.2 Å². The molecular formula is C80H101B2IN8O11S. The molecule has 4 bridgehead atoms. The predicted octanol–water partition coefficient (Wildman–Crippen LogP) is 11.0. The lowest BCUT2D eigenvalue weighted by molar-refractivity contribution is -0.142. The highest BCUT2D eigenvalue weighted by atomic mass is 127. The van der Waals surface area contributed by atoms with Gasteiger partial charge < -0.3 is 55.5 Å². The van der Waals surface area contributed by atoms with Gasteiger partial charge in [0.25, 0.3) is 0 Å². The summed E-state index contributed by atoms with van der Waals surface area (Å²) in [6, 6.07) is 34.2. The quantitative estimate of drug-likeness (QED) is 0.0225. The van der Waals surface area contributed by atoms with Gasteiger partial charge in [-0.1, -0.05) is 80.9 Å². The minimum absolute atomic E-state index is 0. The van der Waals surface area contributed by atoms with E-state index >= 15 is 0 Å². The van der Waals surface area contributed by atoms with Gasteiger partial charge in [0.1, 0.15) is 30.8 Å². The number of halogens is 1. The van der Waals surface area contributed by atoms with Crippen molar-refractivity contribution < 1.29 is 52.1 Å². The van der Waals surface area contributed by atoms with Gasteiger partial charge in [-0.05, 0) is 212 Å². The first kappa shape index (κ1) is 84.2. The number of benzene rings is 5. The molecule has 19 nitrogen and oxygen atoms in total. The number of aromatic nitrogens is 2. The number of hydrogen-bond acceptors (Lipinski definition) is 17. The van der Waals surface area contributed by atoms with Gasteiger partial charge in [-0.25, -0.2) is 9.97 Å². The fourth-order valence-corrected chi connectivity index (χ4v) is 11.8. The SMILES string of the molecule is CC1(C)OB(c2ccc(I)cc2)OC1(C)C.CCCC#Cc1ccc(-c2ncc(C(=O)C[C@@H](CCN)C(=O)N(C)[C@@H]3C(=O)C[C@@H](C)C(=O)N[C@H](C(=O)CCC#N)Cc4ccc(OCCN)c(c4)-c4cc3ccc4OCCN)c(C)n2)cc1.CCCC#Cc1ccc(B2OC(C)(C)C(C)(C)O2)cc1.S. The lowest BCUT2D eigenvalue weighted by atomic mass is 9.79. The van der Waals surface area contributed by atoms with E-state index in [2.05, 4.69) is 155 Å². The minimum Gasteiger partial charge on any atom is -0.492 e. The summed E-state index contributed by atoms with van der Waals surface area (Å²) < 4.78 is 37.5. The molecule has 2 saturated heterocycles. The van der Waals surface area contributed by atoms with Crippen molar-refractivity contribution in [2.75, 3.05) is 39.9 Å². The number of nitrogens with zero attached hydrogens (tertiary/aromatic N) is 4. The predicted molar refractivity (Wildman–Crippen MR) is 420 cm³/mol. The van der Waals surface area contributed by atoms with Crippen molar-refractivity contribution in [1.82, 2.24) is 20.2 Å². The molecule has 4 atom stereocenters. The number of nitriles is 1. The third kappa shape index (κ3) is 22.6. The molecule has 7 N–H and O–H groups in total. The van der Waals surface area contributed by atoms with Gasteiger partial charge in [-0.3, -0.25) is 24.0 Å². The molecule has 9 rings (SSSR count). The summed E-state index contributed by atoms with van der Waals surface area (Å²) in [7, 11) is 0.953. The molecule has 2 fully saturated rings. The lowest BCUT2D eigenvalue weighted by Crippen LogP contribution is -2.46. The number of fused-ring (bicyclic) bond motifs is 5. The van der Waals surface area contributed by atoms with Crippen molar-refractivity contribution in [3.05, 3.63) is 152 Å². The lowest BCUT2D eigenvalue weighted by Gasteiger charge is -2.32. The van der Waals surface area contributed by atoms with Crippen LogP contribution in [0.1, 0.15) is 178 Å². The molecule has 23 heteroatoms. The van der Waals surface area contributed by atoms with Crippen molar-refractivity contribution in [2.45, 2.75) is 182 Å². The maximum atomic E-state index is 14.7. The van der Waals surface area contributed by atoms with Gasteiger partial charge in [0.2, 0.25) is 11.8 Å². The molecule has 6 aromatic rings. The normalized spacial score (nSPS) is 17.8. The van der Waals surface area contributed by atoms with Crippen molar-refractivity contribution in [3.63, 3.8) is 0 Å². The van der Waals surface area contributed by atoms with E-state index in [0.717, 1.165) is 53.3 Å². The Kier molecular flexibility index (Phi) is 31.8. The van der Waals surface area contributed by atoms with Crippen LogP contribution in [0.25, 0.3) is 22.5 Å². The zero-order valence-corrected chi connectivity index (χ0v) is 65.1. The van der Waals surface area contributed by atoms with Crippen LogP contribution in [-0.4, -0.2) is 127 Å². The van der Waals surface area contributed by atoms with E-state index in [4.69, 9.17) is 45.3 Å².